The first-order valence-electron chi connectivity index (χ1n) is 6.78. The second-order valence-electron chi connectivity index (χ2n) is 5.14. The molecule has 0 spiro atoms. The smallest absolute Gasteiger partial charge is 0.278 e. The zero-order valence-electron chi connectivity index (χ0n) is 10.2. The van der Waals surface area contributed by atoms with Crippen LogP contribution in [0.3, 0.4) is 0 Å². The Hall–Kier alpha value is -0.120. The summed E-state index contributed by atoms with van der Waals surface area (Å²) in [5.41, 5.74) is 0. The molecule has 3 nitrogen and oxygen atoms in total. The van der Waals surface area contributed by atoms with Crippen molar-refractivity contribution in [3.8, 4) is 0 Å². The predicted molar refractivity (Wildman–Crippen MR) is 63.7 cm³/mol. The molecule has 3 N–H and O–H groups in total. The van der Waals surface area contributed by atoms with Crippen molar-refractivity contribution in [3.63, 3.8) is 0 Å². The molecule has 1 rings (SSSR count). The van der Waals surface area contributed by atoms with Crippen LogP contribution in [0.4, 0.5) is 0 Å². The van der Waals surface area contributed by atoms with Crippen molar-refractivity contribution in [2.24, 2.45) is 5.92 Å². The minimum Gasteiger partial charge on any atom is -0.343 e. The summed E-state index contributed by atoms with van der Waals surface area (Å²) in [6.45, 7) is 0. The highest BCUT2D eigenvalue weighted by atomic mass is 16.7. The minimum absolute atomic E-state index is 0.369. The molecule has 0 aliphatic heterocycles. The van der Waals surface area contributed by atoms with E-state index in [9.17, 15) is 15.3 Å². The highest BCUT2D eigenvalue weighted by molar-refractivity contribution is 4.67. The molecule has 0 radical (unpaired) electrons. The van der Waals surface area contributed by atoms with Crippen LogP contribution in [0, 0.1) is 5.92 Å². The molecule has 0 aromatic rings. The number of aliphatic hydroxyl groups is 3. The van der Waals surface area contributed by atoms with Crippen molar-refractivity contribution >= 4 is 0 Å². The number of rotatable bonds is 1. The Morgan fingerprint density at radius 2 is 0.875 bits per heavy atom. The zero-order chi connectivity index (χ0) is 11.9. The maximum atomic E-state index is 9.26. The van der Waals surface area contributed by atoms with Gasteiger partial charge in [-0.25, -0.2) is 0 Å². The van der Waals surface area contributed by atoms with Crippen LogP contribution in [0.15, 0.2) is 0 Å². The second-order valence-corrected chi connectivity index (χ2v) is 5.14. The predicted octanol–water partition coefficient (Wildman–Crippen LogP) is 2.54. The largest absolute Gasteiger partial charge is 0.343 e. The lowest BCUT2D eigenvalue weighted by Gasteiger charge is -2.26. The summed E-state index contributed by atoms with van der Waals surface area (Å²) in [6.07, 6.45) is 12.1. The average Bonchev–Trinajstić information content (AvgIpc) is 2.16. The van der Waals surface area contributed by atoms with E-state index in [-0.39, 0.29) is 5.92 Å². The second kappa shape index (κ2) is 7.25. The Labute approximate surface area is 98.5 Å². The molecular formula is C13H26O3. The lowest BCUT2D eigenvalue weighted by atomic mass is 9.91. The van der Waals surface area contributed by atoms with Gasteiger partial charge in [-0.1, -0.05) is 57.8 Å². The van der Waals surface area contributed by atoms with Crippen LogP contribution in [-0.4, -0.2) is 21.3 Å². The third-order valence-electron chi connectivity index (χ3n) is 3.65. The molecule has 0 aromatic carbocycles. The summed E-state index contributed by atoms with van der Waals surface area (Å²) < 4.78 is 0. The summed E-state index contributed by atoms with van der Waals surface area (Å²) in [4.78, 5) is 0. The third kappa shape index (κ3) is 5.83. The maximum Gasteiger partial charge on any atom is 0.278 e. The Morgan fingerprint density at radius 3 is 1.19 bits per heavy atom. The third-order valence-corrected chi connectivity index (χ3v) is 3.65. The minimum atomic E-state index is -2.47. The normalized spacial score (nSPS) is 23.4. The maximum absolute atomic E-state index is 9.26. The van der Waals surface area contributed by atoms with E-state index in [1.807, 2.05) is 0 Å². The molecule has 0 unspecified atom stereocenters. The van der Waals surface area contributed by atoms with Crippen molar-refractivity contribution in [1.29, 1.82) is 0 Å². The molecular weight excluding hydrogens is 204 g/mol. The fourth-order valence-electron chi connectivity index (χ4n) is 2.55. The Balaban J connectivity index is 2.36. The Kier molecular flexibility index (Phi) is 6.32. The van der Waals surface area contributed by atoms with Gasteiger partial charge in [-0.05, 0) is 12.8 Å². The summed E-state index contributed by atoms with van der Waals surface area (Å²) in [7, 11) is 0. The first-order chi connectivity index (χ1) is 7.61. The van der Waals surface area contributed by atoms with Crippen LogP contribution >= 0.6 is 0 Å². The van der Waals surface area contributed by atoms with E-state index in [1.165, 1.54) is 32.1 Å². The van der Waals surface area contributed by atoms with Gasteiger partial charge in [-0.2, -0.15) is 0 Å². The summed E-state index contributed by atoms with van der Waals surface area (Å²) >= 11 is 0. The summed E-state index contributed by atoms with van der Waals surface area (Å²) in [5.74, 6) is -2.84. The van der Waals surface area contributed by atoms with Crippen molar-refractivity contribution in [1.82, 2.24) is 0 Å². The Morgan fingerprint density at radius 1 is 0.562 bits per heavy atom. The molecule has 1 saturated carbocycles. The molecule has 1 aliphatic carbocycles. The lowest BCUT2D eigenvalue weighted by molar-refractivity contribution is -0.344. The van der Waals surface area contributed by atoms with E-state index in [0.717, 1.165) is 38.5 Å². The van der Waals surface area contributed by atoms with Gasteiger partial charge in [0.1, 0.15) is 0 Å². The Bertz CT molecular complexity index is 163. The van der Waals surface area contributed by atoms with Crippen molar-refractivity contribution in [2.75, 3.05) is 0 Å². The van der Waals surface area contributed by atoms with E-state index in [4.69, 9.17) is 0 Å². The average molecular weight is 230 g/mol. The number of hydrogen-bond donors (Lipinski definition) is 3. The van der Waals surface area contributed by atoms with Gasteiger partial charge in [0.25, 0.3) is 5.97 Å². The van der Waals surface area contributed by atoms with Gasteiger partial charge in [-0.3, -0.25) is 0 Å². The fourth-order valence-corrected chi connectivity index (χ4v) is 2.55. The molecule has 16 heavy (non-hydrogen) atoms. The van der Waals surface area contributed by atoms with Crippen LogP contribution in [0.1, 0.15) is 70.6 Å². The van der Waals surface area contributed by atoms with E-state index < -0.39 is 5.97 Å². The molecule has 0 aromatic heterocycles. The highest BCUT2D eigenvalue weighted by Crippen LogP contribution is 2.26. The molecule has 96 valence electrons. The molecule has 1 fully saturated rings. The molecule has 0 amide bonds. The first-order valence-corrected chi connectivity index (χ1v) is 6.78. The van der Waals surface area contributed by atoms with Crippen molar-refractivity contribution < 1.29 is 15.3 Å². The van der Waals surface area contributed by atoms with Crippen molar-refractivity contribution in [3.05, 3.63) is 0 Å². The quantitative estimate of drug-likeness (QED) is 0.607. The molecule has 0 bridgehead atoms. The topological polar surface area (TPSA) is 60.7 Å². The molecule has 1 aliphatic rings. The molecule has 0 atom stereocenters. The van der Waals surface area contributed by atoms with Gasteiger partial charge in [0.2, 0.25) is 0 Å². The standard InChI is InChI=1S/C13H26O3/c14-13(15,16)12-10-8-6-4-2-1-3-5-7-9-11-12/h12,14-16H,1-11H2. The van der Waals surface area contributed by atoms with Gasteiger partial charge in [-0.15, -0.1) is 0 Å². The van der Waals surface area contributed by atoms with Gasteiger partial charge in [0.05, 0.1) is 0 Å². The zero-order valence-corrected chi connectivity index (χ0v) is 10.2. The van der Waals surface area contributed by atoms with Crippen LogP contribution < -0.4 is 0 Å². The fraction of sp³-hybridized carbons (Fsp3) is 1.00. The first kappa shape index (κ1) is 13.9. The van der Waals surface area contributed by atoms with Gasteiger partial charge >= 0.3 is 0 Å². The van der Waals surface area contributed by atoms with E-state index >= 15 is 0 Å². The van der Waals surface area contributed by atoms with E-state index in [1.54, 1.807) is 0 Å². The van der Waals surface area contributed by atoms with Crippen LogP contribution in [-0.2, 0) is 0 Å². The molecule has 3 heteroatoms. The number of hydrogen-bond acceptors (Lipinski definition) is 3. The van der Waals surface area contributed by atoms with Gasteiger partial charge in [0, 0.05) is 5.92 Å². The van der Waals surface area contributed by atoms with E-state index in [2.05, 4.69) is 0 Å². The molecule has 0 heterocycles. The summed E-state index contributed by atoms with van der Waals surface area (Å²) in [5, 5.41) is 27.8. The van der Waals surface area contributed by atoms with Gasteiger partial charge < -0.3 is 15.3 Å². The van der Waals surface area contributed by atoms with E-state index in [0.29, 0.717) is 0 Å². The lowest BCUT2D eigenvalue weighted by Crippen LogP contribution is -2.37. The highest BCUT2D eigenvalue weighted by Gasteiger charge is 2.30. The van der Waals surface area contributed by atoms with Crippen molar-refractivity contribution in [2.45, 2.75) is 76.6 Å². The SMILES string of the molecule is OC(O)(O)C1CCCCCCCCCCC1. The van der Waals surface area contributed by atoms with Crippen LogP contribution in [0.25, 0.3) is 0 Å². The van der Waals surface area contributed by atoms with Crippen LogP contribution in [0.5, 0.6) is 0 Å². The van der Waals surface area contributed by atoms with Gasteiger partial charge in [0.15, 0.2) is 0 Å². The summed E-state index contributed by atoms with van der Waals surface area (Å²) in [6, 6.07) is 0. The monoisotopic (exact) mass is 230 g/mol. The molecule has 0 saturated heterocycles. The van der Waals surface area contributed by atoms with Crippen LogP contribution in [0.2, 0.25) is 0 Å².